The van der Waals surface area contributed by atoms with Gasteiger partial charge in [0.05, 0.1) is 6.54 Å². The molecule has 0 heterocycles. The first-order valence-corrected chi connectivity index (χ1v) is 15.8. The summed E-state index contributed by atoms with van der Waals surface area (Å²) in [5, 5.41) is 10.4. The number of unbranched alkanes of at least 4 members (excludes halogenated alkanes) is 2. The van der Waals surface area contributed by atoms with Crippen molar-refractivity contribution >= 4 is 48.2 Å². The third-order valence-electron chi connectivity index (χ3n) is 6.01. The Morgan fingerprint density at radius 3 is 2.04 bits per heavy atom. The highest BCUT2D eigenvalue weighted by atomic mass is 16.5. The monoisotopic (exact) mass is 650 g/mol. The minimum absolute atomic E-state index is 0.134. The number of urea groups is 1. The Morgan fingerprint density at radius 2 is 1.54 bits per heavy atom. The lowest BCUT2D eigenvalue weighted by atomic mass is 10.0. The van der Waals surface area contributed by atoms with Gasteiger partial charge < -0.3 is 31.7 Å². The molecule has 0 saturated carbocycles. The van der Waals surface area contributed by atoms with Crippen LogP contribution < -0.4 is 27.0 Å². The molecule has 1 atom stereocenters. The van der Waals surface area contributed by atoms with Crippen LogP contribution >= 0.6 is 0 Å². The van der Waals surface area contributed by atoms with Gasteiger partial charge in [0.2, 0.25) is 30.0 Å². The van der Waals surface area contributed by atoms with Crippen LogP contribution in [0.4, 0.5) is 10.5 Å². The van der Waals surface area contributed by atoms with E-state index in [1.54, 1.807) is 38.1 Å². The summed E-state index contributed by atoms with van der Waals surface area (Å²) in [6.07, 6.45) is 4.48. The number of benzene rings is 1. The summed E-state index contributed by atoms with van der Waals surface area (Å²) in [5.41, 5.74) is 6.01. The molecule has 0 aliphatic heterocycles. The van der Waals surface area contributed by atoms with E-state index in [0.717, 1.165) is 12.0 Å². The summed E-state index contributed by atoms with van der Waals surface area (Å²) in [7, 11) is 0. The number of hydrogen-bond acceptors (Lipinski definition) is 8. The molecular weight excluding hydrogens is 596 g/mol. The van der Waals surface area contributed by atoms with E-state index in [-0.39, 0.29) is 37.3 Å². The first-order chi connectivity index (χ1) is 22.0. The van der Waals surface area contributed by atoms with Gasteiger partial charge >= 0.3 is 6.03 Å². The number of rotatable bonds is 20. The van der Waals surface area contributed by atoms with Gasteiger partial charge in [-0.1, -0.05) is 60.1 Å². The van der Waals surface area contributed by atoms with Crippen molar-refractivity contribution in [2.45, 2.75) is 99.1 Å². The Kier molecular flexibility index (Phi) is 26.6. The standard InChI is InChI=1S/C26H38N4O7.C4H10N2O.C2H6/c1-4-8-24(35)30(17-31)14-7-5-6-9-22(33)29-25(19(2)3)26(36)27-15-23(34)28-21-12-10-20(11-13-21)16-37-18-32;1-2-3-6-4(5)7;1-2/h10-13,17-19,25H,4-9,14-16H2,1-3H3,(H,27,36)(H,28,34)(H,29,33);2-3H2,1H3,(H3,5,6,7);1-2H3. The van der Waals surface area contributed by atoms with Gasteiger partial charge in [-0.15, -0.1) is 0 Å². The first kappa shape index (κ1) is 43.6. The number of hydrogen-bond donors (Lipinski definition) is 5. The first-order valence-electron chi connectivity index (χ1n) is 15.8. The molecule has 0 aromatic heterocycles. The summed E-state index contributed by atoms with van der Waals surface area (Å²) >= 11 is 0. The topological polar surface area (TPSA) is 206 Å². The lowest BCUT2D eigenvalue weighted by Crippen LogP contribution is -2.51. The minimum atomic E-state index is -0.797. The molecule has 260 valence electrons. The van der Waals surface area contributed by atoms with Gasteiger partial charge in [-0.05, 0) is 49.3 Å². The van der Waals surface area contributed by atoms with Crippen LogP contribution in [-0.2, 0) is 40.1 Å². The highest BCUT2D eigenvalue weighted by Crippen LogP contribution is 2.10. The number of ether oxygens (including phenoxy) is 1. The number of nitrogens with one attached hydrogen (secondary N) is 4. The highest BCUT2D eigenvalue weighted by Gasteiger charge is 2.24. The van der Waals surface area contributed by atoms with Crippen LogP contribution in [0.25, 0.3) is 0 Å². The number of anilines is 1. The lowest BCUT2D eigenvalue weighted by Gasteiger charge is -2.21. The normalized spacial score (nSPS) is 10.4. The number of imide groups is 1. The summed E-state index contributed by atoms with van der Waals surface area (Å²) in [4.78, 5) is 81.3. The van der Waals surface area contributed by atoms with Crippen LogP contribution in [0.3, 0.4) is 0 Å². The Balaban J connectivity index is 0. The maximum atomic E-state index is 12.6. The summed E-state index contributed by atoms with van der Waals surface area (Å²) in [5.74, 6) is -1.57. The summed E-state index contributed by atoms with van der Waals surface area (Å²) in [6.45, 7) is 12.6. The highest BCUT2D eigenvalue weighted by molar-refractivity contribution is 5.96. The van der Waals surface area contributed by atoms with Crippen molar-refractivity contribution < 1.29 is 38.3 Å². The summed E-state index contributed by atoms with van der Waals surface area (Å²) in [6, 6.07) is 5.47. The van der Waals surface area contributed by atoms with Crippen molar-refractivity contribution in [3.63, 3.8) is 0 Å². The van der Waals surface area contributed by atoms with E-state index >= 15 is 0 Å². The van der Waals surface area contributed by atoms with E-state index in [1.165, 1.54) is 4.90 Å². The average Bonchev–Trinajstić information content (AvgIpc) is 3.04. The van der Waals surface area contributed by atoms with Gasteiger partial charge in [-0.2, -0.15) is 0 Å². The Labute approximate surface area is 272 Å². The second kappa shape index (κ2) is 28.0. The lowest BCUT2D eigenvalue weighted by molar-refractivity contribution is -0.138. The van der Waals surface area contributed by atoms with E-state index in [1.807, 2.05) is 27.7 Å². The number of nitrogens with two attached hydrogens (primary N) is 1. The van der Waals surface area contributed by atoms with Crippen molar-refractivity contribution in [2.24, 2.45) is 11.7 Å². The van der Waals surface area contributed by atoms with Gasteiger partial charge in [0.15, 0.2) is 0 Å². The predicted molar refractivity (Wildman–Crippen MR) is 176 cm³/mol. The van der Waals surface area contributed by atoms with Crippen LogP contribution in [-0.4, -0.2) is 73.1 Å². The number of carbonyl (C=O) groups excluding carboxylic acids is 7. The molecule has 46 heavy (non-hydrogen) atoms. The minimum Gasteiger partial charge on any atom is -0.463 e. The van der Waals surface area contributed by atoms with Crippen molar-refractivity contribution in [2.75, 3.05) is 25.0 Å². The van der Waals surface area contributed by atoms with Crippen LogP contribution in [0.1, 0.15) is 92.1 Å². The third kappa shape index (κ3) is 22.1. The molecular formula is C32H54N6O8. The van der Waals surface area contributed by atoms with Gasteiger partial charge in [0, 0.05) is 31.6 Å². The van der Waals surface area contributed by atoms with E-state index in [2.05, 4.69) is 26.0 Å². The molecule has 0 aliphatic carbocycles. The van der Waals surface area contributed by atoms with Gasteiger partial charge in [-0.25, -0.2) is 4.79 Å². The van der Waals surface area contributed by atoms with Gasteiger partial charge in [0.25, 0.3) is 6.47 Å². The second-order valence-corrected chi connectivity index (χ2v) is 10.2. The Hall–Kier alpha value is -4.49. The van der Waals surface area contributed by atoms with Crippen LogP contribution in [0.2, 0.25) is 0 Å². The van der Waals surface area contributed by atoms with Crippen LogP contribution in [0.5, 0.6) is 0 Å². The molecule has 0 aliphatic rings. The molecule has 0 radical (unpaired) electrons. The van der Waals surface area contributed by atoms with Crippen LogP contribution in [0, 0.1) is 5.92 Å². The predicted octanol–water partition coefficient (Wildman–Crippen LogP) is 2.99. The molecule has 6 N–H and O–H groups in total. The molecule has 14 nitrogen and oxygen atoms in total. The number of amides is 7. The zero-order chi connectivity index (χ0) is 35.3. The summed E-state index contributed by atoms with van der Waals surface area (Å²) < 4.78 is 4.67. The quantitative estimate of drug-likeness (QED) is 0.104. The number of nitrogens with zero attached hydrogens (tertiary/aromatic N) is 1. The molecule has 1 unspecified atom stereocenters. The molecule has 7 amide bonds. The zero-order valence-electron chi connectivity index (χ0n) is 28.2. The largest absolute Gasteiger partial charge is 0.463 e. The number of carbonyl (C=O) groups is 7. The second-order valence-electron chi connectivity index (χ2n) is 10.2. The van der Waals surface area contributed by atoms with Crippen molar-refractivity contribution in [3.05, 3.63) is 29.8 Å². The molecule has 14 heteroatoms. The van der Waals surface area contributed by atoms with Gasteiger partial charge in [0.1, 0.15) is 12.6 Å². The van der Waals surface area contributed by atoms with Gasteiger partial charge in [-0.3, -0.25) is 33.7 Å². The molecule has 0 bridgehead atoms. The maximum absolute atomic E-state index is 12.6. The zero-order valence-corrected chi connectivity index (χ0v) is 28.2. The molecule has 1 aromatic rings. The van der Waals surface area contributed by atoms with E-state index in [9.17, 15) is 33.6 Å². The fourth-order valence-electron chi connectivity index (χ4n) is 3.66. The Bertz CT molecular complexity index is 1050. The average molecular weight is 651 g/mol. The smallest absolute Gasteiger partial charge is 0.312 e. The van der Waals surface area contributed by atoms with Crippen molar-refractivity contribution in [1.82, 2.24) is 20.9 Å². The molecule has 1 aromatic carbocycles. The van der Waals surface area contributed by atoms with E-state index in [4.69, 9.17) is 5.73 Å². The van der Waals surface area contributed by atoms with Crippen molar-refractivity contribution in [3.8, 4) is 0 Å². The molecule has 0 fully saturated rings. The fraction of sp³-hybridized carbons (Fsp3) is 0.594. The van der Waals surface area contributed by atoms with Crippen molar-refractivity contribution in [1.29, 1.82) is 0 Å². The van der Waals surface area contributed by atoms with E-state index in [0.29, 0.717) is 63.8 Å². The number of primary amides is 1. The molecule has 0 saturated heterocycles. The Morgan fingerprint density at radius 1 is 0.891 bits per heavy atom. The fourth-order valence-corrected chi connectivity index (χ4v) is 3.66. The molecule has 0 spiro atoms. The van der Waals surface area contributed by atoms with Crippen LogP contribution in [0.15, 0.2) is 24.3 Å². The van der Waals surface area contributed by atoms with E-state index < -0.39 is 23.9 Å². The molecule has 1 rings (SSSR count). The maximum Gasteiger partial charge on any atom is 0.312 e. The third-order valence-corrected chi connectivity index (χ3v) is 6.01. The SMILES string of the molecule is CC.CCCC(=O)N(C=O)CCCCCC(=O)NC(C(=O)NCC(=O)Nc1ccc(COC=O)cc1)C(C)C.CCCNC(N)=O.